The molecule has 21 heavy (non-hydrogen) atoms. The molecule has 0 aliphatic heterocycles. The molecule has 2 rings (SSSR count). The van der Waals surface area contributed by atoms with Gasteiger partial charge in [-0.05, 0) is 41.8 Å². The van der Waals surface area contributed by atoms with Gasteiger partial charge in [0, 0.05) is 14.2 Å². The lowest BCUT2D eigenvalue weighted by atomic mass is 9.95. The van der Waals surface area contributed by atoms with Gasteiger partial charge in [-0.25, -0.2) is 4.39 Å². The van der Waals surface area contributed by atoms with E-state index in [0.717, 1.165) is 16.6 Å². The van der Waals surface area contributed by atoms with Gasteiger partial charge in [0.05, 0.1) is 6.04 Å². The average Bonchev–Trinajstić information content (AvgIpc) is 2.86. The van der Waals surface area contributed by atoms with Crippen LogP contribution in [0.5, 0.6) is 0 Å². The van der Waals surface area contributed by atoms with Gasteiger partial charge in [-0.15, -0.1) is 11.3 Å². The Morgan fingerprint density at radius 1 is 1.24 bits per heavy atom. The molecule has 0 aliphatic rings. The van der Waals surface area contributed by atoms with Crippen molar-refractivity contribution >= 4 is 27.3 Å². The number of halogens is 2. The van der Waals surface area contributed by atoms with Crippen molar-refractivity contribution in [1.29, 1.82) is 0 Å². The highest BCUT2D eigenvalue weighted by atomic mass is 79.9. The van der Waals surface area contributed by atoms with Gasteiger partial charge < -0.3 is 5.32 Å². The first-order valence-electron chi connectivity index (χ1n) is 7.11. The summed E-state index contributed by atoms with van der Waals surface area (Å²) < 4.78 is 14.1. The topological polar surface area (TPSA) is 12.0 Å². The fourth-order valence-corrected chi connectivity index (χ4v) is 3.95. The zero-order chi connectivity index (χ0) is 15.6. The van der Waals surface area contributed by atoms with Crippen molar-refractivity contribution in [1.82, 2.24) is 5.32 Å². The molecule has 0 saturated heterocycles. The van der Waals surface area contributed by atoms with Crippen LogP contribution in [-0.2, 0) is 5.41 Å². The summed E-state index contributed by atoms with van der Waals surface area (Å²) in [6.45, 7) is 9.61. The monoisotopic (exact) mass is 369 g/mol. The van der Waals surface area contributed by atoms with Gasteiger partial charge in [-0.3, -0.25) is 0 Å². The Morgan fingerprint density at radius 3 is 2.48 bits per heavy atom. The molecular weight excluding hydrogens is 349 g/mol. The van der Waals surface area contributed by atoms with E-state index in [4.69, 9.17) is 0 Å². The van der Waals surface area contributed by atoms with Crippen LogP contribution in [0.3, 0.4) is 0 Å². The average molecular weight is 370 g/mol. The maximum absolute atomic E-state index is 13.3. The van der Waals surface area contributed by atoms with Crippen LogP contribution in [0.2, 0.25) is 0 Å². The number of thiophene rings is 1. The molecule has 0 spiro atoms. The Kier molecular flexibility index (Phi) is 5.23. The maximum Gasteiger partial charge on any atom is 0.124 e. The van der Waals surface area contributed by atoms with Crippen LogP contribution in [0.1, 0.15) is 49.1 Å². The Bertz CT molecular complexity index is 615. The number of rotatable bonds is 4. The minimum absolute atomic E-state index is 0.0890. The molecule has 4 heteroatoms. The molecule has 2 aromatic rings. The highest BCUT2D eigenvalue weighted by Crippen LogP contribution is 2.36. The van der Waals surface area contributed by atoms with Gasteiger partial charge in [0.1, 0.15) is 5.82 Å². The Balaban J connectivity index is 2.41. The van der Waals surface area contributed by atoms with E-state index in [1.54, 1.807) is 0 Å². The number of hydrogen-bond acceptors (Lipinski definition) is 2. The van der Waals surface area contributed by atoms with Gasteiger partial charge in [-0.1, -0.05) is 49.7 Å². The molecule has 1 unspecified atom stereocenters. The van der Waals surface area contributed by atoms with E-state index in [1.807, 2.05) is 17.4 Å². The van der Waals surface area contributed by atoms with Crippen LogP contribution in [0.15, 0.2) is 34.8 Å². The van der Waals surface area contributed by atoms with Crippen molar-refractivity contribution in [3.8, 4) is 0 Å². The summed E-state index contributed by atoms with van der Waals surface area (Å²) >= 11 is 5.30. The molecular formula is C17H21BrFNS. The number of nitrogens with one attached hydrogen (secondary N) is 1. The quantitative estimate of drug-likeness (QED) is 0.734. The van der Waals surface area contributed by atoms with E-state index in [2.05, 4.69) is 61.1 Å². The smallest absolute Gasteiger partial charge is 0.124 e. The molecule has 1 atom stereocenters. The standard InChI is InChI=1S/C17H21BrFNS/c1-5-20-16(12-7-6-11(19)10-13(12)18)14-8-9-15(21-14)17(2,3)4/h6-10,16,20H,5H2,1-4H3. The molecule has 0 amide bonds. The van der Waals surface area contributed by atoms with E-state index in [-0.39, 0.29) is 17.3 Å². The van der Waals surface area contributed by atoms with E-state index in [1.165, 1.54) is 21.9 Å². The fourth-order valence-electron chi connectivity index (χ4n) is 2.21. The highest BCUT2D eigenvalue weighted by Gasteiger charge is 2.22. The summed E-state index contributed by atoms with van der Waals surface area (Å²) in [6, 6.07) is 9.35. The molecule has 1 N–H and O–H groups in total. The predicted molar refractivity (Wildman–Crippen MR) is 92.6 cm³/mol. The summed E-state index contributed by atoms with van der Waals surface area (Å²) in [5.74, 6) is -0.220. The van der Waals surface area contributed by atoms with Crippen LogP contribution in [0.25, 0.3) is 0 Å². The van der Waals surface area contributed by atoms with Crippen LogP contribution < -0.4 is 5.32 Å². The summed E-state index contributed by atoms with van der Waals surface area (Å²) in [5.41, 5.74) is 1.22. The van der Waals surface area contributed by atoms with Crippen molar-refractivity contribution in [2.24, 2.45) is 0 Å². The van der Waals surface area contributed by atoms with Gasteiger partial charge in [0.2, 0.25) is 0 Å². The van der Waals surface area contributed by atoms with E-state index >= 15 is 0 Å². The molecule has 1 nitrogen and oxygen atoms in total. The van der Waals surface area contributed by atoms with Crippen molar-refractivity contribution in [2.75, 3.05) is 6.54 Å². The lowest BCUT2D eigenvalue weighted by Gasteiger charge is -2.19. The van der Waals surface area contributed by atoms with E-state index in [0.29, 0.717) is 0 Å². The Labute approximate surface area is 138 Å². The second kappa shape index (κ2) is 6.59. The third-order valence-electron chi connectivity index (χ3n) is 3.33. The van der Waals surface area contributed by atoms with Crippen LogP contribution in [0.4, 0.5) is 4.39 Å². The predicted octanol–water partition coefficient (Wildman–Crippen LogP) is 5.65. The zero-order valence-corrected chi connectivity index (χ0v) is 15.2. The maximum atomic E-state index is 13.3. The largest absolute Gasteiger partial charge is 0.306 e. The normalized spacial score (nSPS) is 13.4. The van der Waals surface area contributed by atoms with Crippen molar-refractivity contribution < 1.29 is 4.39 Å². The number of benzene rings is 1. The van der Waals surface area contributed by atoms with Crippen LogP contribution in [-0.4, -0.2) is 6.54 Å². The molecule has 0 radical (unpaired) electrons. The SMILES string of the molecule is CCNC(c1ccc(C(C)(C)C)s1)c1ccc(F)cc1Br. The zero-order valence-electron chi connectivity index (χ0n) is 12.8. The summed E-state index contributed by atoms with van der Waals surface area (Å²) in [6.07, 6.45) is 0. The Morgan fingerprint density at radius 2 is 1.95 bits per heavy atom. The summed E-state index contributed by atoms with van der Waals surface area (Å²) in [7, 11) is 0. The first kappa shape index (κ1) is 16.7. The molecule has 1 aromatic carbocycles. The molecule has 1 aromatic heterocycles. The van der Waals surface area contributed by atoms with Gasteiger partial charge in [-0.2, -0.15) is 0 Å². The minimum Gasteiger partial charge on any atom is -0.306 e. The van der Waals surface area contributed by atoms with Crippen LogP contribution in [0, 0.1) is 5.82 Å². The minimum atomic E-state index is -0.220. The molecule has 0 saturated carbocycles. The molecule has 0 bridgehead atoms. The molecule has 0 aliphatic carbocycles. The van der Waals surface area contributed by atoms with Gasteiger partial charge in [0.25, 0.3) is 0 Å². The second-order valence-corrected chi connectivity index (χ2v) is 8.08. The van der Waals surface area contributed by atoms with E-state index in [9.17, 15) is 4.39 Å². The van der Waals surface area contributed by atoms with Gasteiger partial charge in [0.15, 0.2) is 0 Å². The highest BCUT2D eigenvalue weighted by molar-refractivity contribution is 9.10. The van der Waals surface area contributed by atoms with E-state index < -0.39 is 0 Å². The van der Waals surface area contributed by atoms with Crippen molar-refractivity contribution in [3.63, 3.8) is 0 Å². The van der Waals surface area contributed by atoms with Gasteiger partial charge >= 0.3 is 0 Å². The fraction of sp³-hybridized carbons (Fsp3) is 0.412. The van der Waals surface area contributed by atoms with Crippen molar-refractivity contribution in [3.05, 3.63) is 55.9 Å². The Hall–Kier alpha value is -0.710. The lowest BCUT2D eigenvalue weighted by molar-refractivity contribution is 0.604. The first-order chi connectivity index (χ1) is 9.82. The molecule has 114 valence electrons. The first-order valence-corrected chi connectivity index (χ1v) is 8.72. The summed E-state index contributed by atoms with van der Waals surface area (Å²) in [5, 5.41) is 3.50. The second-order valence-electron chi connectivity index (χ2n) is 6.11. The lowest BCUT2D eigenvalue weighted by Crippen LogP contribution is -2.21. The number of hydrogen-bond donors (Lipinski definition) is 1. The molecule has 1 heterocycles. The molecule has 0 fully saturated rings. The van der Waals surface area contributed by atoms with Crippen molar-refractivity contribution in [2.45, 2.75) is 39.2 Å². The van der Waals surface area contributed by atoms with Crippen LogP contribution >= 0.6 is 27.3 Å². The third kappa shape index (κ3) is 3.93. The third-order valence-corrected chi connectivity index (χ3v) is 5.59. The summed E-state index contributed by atoms with van der Waals surface area (Å²) in [4.78, 5) is 2.62.